The van der Waals surface area contributed by atoms with Crippen LogP contribution >= 0.6 is 0 Å². The van der Waals surface area contributed by atoms with Crippen molar-refractivity contribution >= 4 is 15.8 Å². The Bertz CT molecular complexity index is 428. The van der Waals surface area contributed by atoms with Gasteiger partial charge in [-0.15, -0.1) is 0 Å². The van der Waals surface area contributed by atoms with E-state index in [2.05, 4.69) is 20.3 Å². The summed E-state index contributed by atoms with van der Waals surface area (Å²) in [6.07, 6.45) is 0.234. The lowest BCUT2D eigenvalue weighted by Gasteiger charge is -2.03. The summed E-state index contributed by atoms with van der Waals surface area (Å²) in [6, 6.07) is 0. The summed E-state index contributed by atoms with van der Waals surface area (Å²) in [6.45, 7) is 1.66. The van der Waals surface area contributed by atoms with Crippen LogP contribution in [0.25, 0.3) is 0 Å². The fourth-order valence-corrected chi connectivity index (χ4v) is 1.35. The second kappa shape index (κ2) is 4.47. The van der Waals surface area contributed by atoms with E-state index in [1.807, 2.05) is 0 Å². The number of nitrogens with one attached hydrogen (secondary N) is 1. The van der Waals surface area contributed by atoms with Crippen LogP contribution < -0.4 is 5.32 Å². The predicted molar refractivity (Wildman–Crippen MR) is 52.7 cm³/mol. The molecule has 0 atom stereocenters. The zero-order valence-corrected chi connectivity index (χ0v) is 9.18. The minimum Gasteiger partial charge on any atom is -0.353 e. The molecule has 1 rings (SSSR count). The summed E-state index contributed by atoms with van der Waals surface area (Å²) in [5.74, 6) is 0.229. The molecule has 0 radical (unpaired) electrons. The van der Waals surface area contributed by atoms with Gasteiger partial charge in [-0.2, -0.15) is 19.3 Å². The van der Waals surface area contributed by atoms with E-state index < -0.39 is 15.9 Å². The first-order valence-corrected chi connectivity index (χ1v) is 6.22. The van der Waals surface area contributed by atoms with Crippen LogP contribution in [0.4, 0.5) is 10.3 Å². The van der Waals surface area contributed by atoms with Crippen molar-refractivity contribution in [3.63, 3.8) is 0 Å². The number of anilines is 1. The van der Waals surface area contributed by atoms with Crippen molar-refractivity contribution in [1.82, 2.24) is 15.0 Å². The van der Waals surface area contributed by atoms with Crippen LogP contribution in [0.2, 0.25) is 0 Å². The summed E-state index contributed by atoms with van der Waals surface area (Å²) < 4.78 is 34.2. The van der Waals surface area contributed by atoms with E-state index in [4.69, 9.17) is 0 Å². The standard InChI is InChI=1S/C7H11FN4O2S/c1-5-10-6(8)12-7(11-5)9-3-4-15(2,13)14/h3-4H2,1-2H3,(H,9,10,11,12). The van der Waals surface area contributed by atoms with Gasteiger partial charge >= 0.3 is 6.08 Å². The van der Waals surface area contributed by atoms with Gasteiger partial charge in [-0.25, -0.2) is 8.42 Å². The summed E-state index contributed by atoms with van der Waals surface area (Å²) >= 11 is 0. The molecule has 0 aliphatic heterocycles. The molecule has 0 aliphatic carbocycles. The molecule has 84 valence electrons. The van der Waals surface area contributed by atoms with Gasteiger partial charge in [0.05, 0.1) is 5.75 Å². The minimum absolute atomic E-state index is 0.0450. The first kappa shape index (κ1) is 11.8. The topological polar surface area (TPSA) is 84.8 Å². The molecule has 15 heavy (non-hydrogen) atoms. The van der Waals surface area contributed by atoms with Crippen molar-refractivity contribution in [3.05, 3.63) is 11.9 Å². The van der Waals surface area contributed by atoms with Gasteiger partial charge in [-0.3, -0.25) is 0 Å². The van der Waals surface area contributed by atoms with E-state index in [9.17, 15) is 12.8 Å². The Labute approximate surface area is 86.9 Å². The van der Waals surface area contributed by atoms with Gasteiger partial charge in [0.1, 0.15) is 15.7 Å². The number of halogens is 1. The van der Waals surface area contributed by atoms with Crippen LogP contribution in [0.3, 0.4) is 0 Å². The lowest BCUT2D eigenvalue weighted by atomic mass is 10.6. The number of aromatic nitrogens is 3. The van der Waals surface area contributed by atoms with Gasteiger partial charge < -0.3 is 5.32 Å². The summed E-state index contributed by atoms with van der Waals surface area (Å²) in [4.78, 5) is 10.5. The number of rotatable bonds is 4. The highest BCUT2D eigenvalue weighted by molar-refractivity contribution is 7.90. The molecule has 1 aromatic rings. The highest BCUT2D eigenvalue weighted by Gasteiger charge is 2.04. The lowest BCUT2D eigenvalue weighted by molar-refractivity contribution is 0.529. The van der Waals surface area contributed by atoms with Crippen molar-refractivity contribution in [2.45, 2.75) is 6.92 Å². The largest absolute Gasteiger partial charge is 0.353 e. The van der Waals surface area contributed by atoms with Gasteiger partial charge in [0, 0.05) is 12.8 Å². The lowest BCUT2D eigenvalue weighted by Crippen LogP contribution is -2.16. The van der Waals surface area contributed by atoms with Crippen LogP contribution in [0.5, 0.6) is 0 Å². The molecular weight excluding hydrogens is 223 g/mol. The van der Waals surface area contributed by atoms with Crippen molar-refractivity contribution in [3.8, 4) is 0 Å². The SMILES string of the molecule is Cc1nc(F)nc(NCCS(C)(=O)=O)n1. The van der Waals surface area contributed by atoms with Crippen LogP contribution in [0.1, 0.15) is 5.82 Å². The molecule has 0 bridgehead atoms. The molecule has 0 spiro atoms. The molecule has 0 saturated carbocycles. The van der Waals surface area contributed by atoms with Gasteiger partial charge in [0.25, 0.3) is 0 Å². The first-order chi connectivity index (χ1) is 6.87. The van der Waals surface area contributed by atoms with Gasteiger partial charge in [0.15, 0.2) is 0 Å². The maximum atomic E-state index is 12.7. The minimum atomic E-state index is -3.04. The number of hydrogen-bond donors (Lipinski definition) is 1. The van der Waals surface area contributed by atoms with Crippen molar-refractivity contribution in [1.29, 1.82) is 0 Å². The maximum Gasteiger partial charge on any atom is 0.313 e. The van der Waals surface area contributed by atoms with E-state index in [-0.39, 0.29) is 24.1 Å². The molecule has 0 unspecified atom stereocenters. The molecule has 8 heteroatoms. The summed E-state index contributed by atoms with van der Waals surface area (Å²) in [7, 11) is -3.04. The molecule has 0 saturated heterocycles. The Morgan fingerprint density at radius 2 is 2.00 bits per heavy atom. The van der Waals surface area contributed by atoms with E-state index in [0.717, 1.165) is 6.26 Å². The zero-order valence-electron chi connectivity index (χ0n) is 8.36. The Hall–Kier alpha value is -1.31. The molecule has 0 aromatic carbocycles. The van der Waals surface area contributed by atoms with Gasteiger partial charge in [0.2, 0.25) is 5.95 Å². The Morgan fingerprint density at radius 1 is 1.33 bits per heavy atom. The van der Waals surface area contributed by atoms with Crippen molar-refractivity contribution < 1.29 is 12.8 Å². The van der Waals surface area contributed by atoms with Crippen molar-refractivity contribution in [2.75, 3.05) is 23.9 Å². The molecule has 0 amide bonds. The molecule has 1 heterocycles. The van der Waals surface area contributed by atoms with Crippen LogP contribution in [0.15, 0.2) is 0 Å². The van der Waals surface area contributed by atoms with Gasteiger partial charge in [-0.1, -0.05) is 0 Å². The second-order valence-corrected chi connectivity index (χ2v) is 5.29. The first-order valence-electron chi connectivity index (χ1n) is 4.16. The average molecular weight is 234 g/mol. The summed E-state index contributed by atoms with van der Waals surface area (Å²) in [5.41, 5.74) is 0. The van der Waals surface area contributed by atoms with Crippen molar-refractivity contribution in [2.24, 2.45) is 0 Å². The molecular formula is C7H11FN4O2S. The highest BCUT2D eigenvalue weighted by atomic mass is 32.2. The van der Waals surface area contributed by atoms with E-state index in [1.54, 1.807) is 0 Å². The van der Waals surface area contributed by atoms with Crippen LogP contribution in [-0.2, 0) is 9.84 Å². The monoisotopic (exact) mass is 234 g/mol. The molecule has 6 nitrogen and oxygen atoms in total. The highest BCUT2D eigenvalue weighted by Crippen LogP contribution is 1.98. The zero-order chi connectivity index (χ0) is 11.5. The smallest absolute Gasteiger partial charge is 0.313 e. The molecule has 0 fully saturated rings. The van der Waals surface area contributed by atoms with E-state index in [1.165, 1.54) is 6.92 Å². The van der Waals surface area contributed by atoms with E-state index in [0.29, 0.717) is 0 Å². The quantitative estimate of drug-likeness (QED) is 0.775. The number of hydrogen-bond acceptors (Lipinski definition) is 6. The molecule has 1 N–H and O–H groups in total. The predicted octanol–water partition coefficient (Wildman–Crippen LogP) is -0.224. The second-order valence-electron chi connectivity index (χ2n) is 3.03. The Balaban J connectivity index is 2.58. The average Bonchev–Trinajstić information content (AvgIpc) is 1.99. The normalized spacial score (nSPS) is 11.4. The van der Waals surface area contributed by atoms with Crippen LogP contribution in [0, 0.1) is 13.0 Å². The fourth-order valence-electron chi connectivity index (χ4n) is 0.876. The summed E-state index contributed by atoms with van der Waals surface area (Å²) in [5, 5.41) is 2.60. The molecule has 1 aromatic heterocycles. The van der Waals surface area contributed by atoms with E-state index >= 15 is 0 Å². The van der Waals surface area contributed by atoms with Gasteiger partial charge in [-0.05, 0) is 6.92 Å². The Kier molecular flexibility index (Phi) is 3.51. The molecule has 0 aliphatic rings. The number of nitrogens with zero attached hydrogens (tertiary/aromatic N) is 3. The third-order valence-electron chi connectivity index (χ3n) is 1.48. The third kappa shape index (κ3) is 4.63. The Morgan fingerprint density at radius 3 is 2.53 bits per heavy atom. The van der Waals surface area contributed by atoms with Crippen LogP contribution in [-0.4, -0.2) is 41.9 Å². The maximum absolute atomic E-state index is 12.7. The third-order valence-corrected chi connectivity index (χ3v) is 2.42. The number of aryl methyl sites for hydroxylation is 1. The fraction of sp³-hybridized carbons (Fsp3) is 0.571. The number of sulfone groups is 1.